The molecule has 94 valence electrons. The van der Waals surface area contributed by atoms with Gasteiger partial charge in [0.15, 0.2) is 0 Å². The van der Waals surface area contributed by atoms with Gasteiger partial charge in [-0.1, -0.05) is 27.5 Å². The quantitative estimate of drug-likeness (QED) is 0.879. The van der Waals surface area contributed by atoms with Crippen molar-refractivity contribution in [3.63, 3.8) is 0 Å². The van der Waals surface area contributed by atoms with E-state index in [0.29, 0.717) is 0 Å². The number of halogens is 2. The van der Waals surface area contributed by atoms with Crippen LogP contribution in [0.1, 0.15) is 30.9 Å². The molecule has 1 aromatic rings. The van der Waals surface area contributed by atoms with Crippen LogP contribution in [0.3, 0.4) is 0 Å². The third kappa shape index (κ3) is 2.26. The first-order chi connectivity index (χ1) is 7.93. The molecule has 0 spiro atoms. The van der Waals surface area contributed by atoms with Gasteiger partial charge in [0, 0.05) is 15.4 Å². The molecule has 2 rings (SSSR count). The van der Waals surface area contributed by atoms with Gasteiger partial charge in [-0.2, -0.15) is 0 Å². The lowest BCUT2D eigenvalue weighted by Crippen LogP contribution is -2.28. The zero-order valence-corrected chi connectivity index (χ0v) is 12.2. The smallest absolute Gasteiger partial charge is 0.0584 e. The van der Waals surface area contributed by atoms with Gasteiger partial charge in [-0.3, -0.25) is 0 Å². The molecule has 2 N–H and O–H groups in total. The van der Waals surface area contributed by atoms with Crippen LogP contribution in [0.25, 0.3) is 0 Å². The molecule has 0 bridgehead atoms. The molecule has 2 nitrogen and oxygen atoms in total. The summed E-state index contributed by atoms with van der Waals surface area (Å²) in [6.07, 6.45) is -0.225. The van der Waals surface area contributed by atoms with Crippen LogP contribution in [0.4, 0.5) is 0 Å². The van der Waals surface area contributed by atoms with Crippen molar-refractivity contribution in [1.82, 2.24) is 0 Å². The highest BCUT2D eigenvalue weighted by atomic mass is 79.9. The van der Waals surface area contributed by atoms with E-state index in [-0.39, 0.29) is 11.8 Å². The van der Waals surface area contributed by atoms with Crippen molar-refractivity contribution in [3.8, 4) is 0 Å². The summed E-state index contributed by atoms with van der Waals surface area (Å²) in [6, 6.07) is 3.76. The average molecular weight is 320 g/mol. The lowest BCUT2D eigenvalue weighted by molar-refractivity contribution is 0.0654. The minimum atomic E-state index is -0.495. The molecule has 4 heteroatoms. The maximum Gasteiger partial charge on any atom is 0.0584 e. The fraction of sp³-hybridized carbons (Fsp3) is 0.538. The van der Waals surface area contributed by atoms with Gasteiger partial charge >= 0.3 is 0 Å². The molecule has 2 unspecified atom stereocenters. The Labute approximate surface area is 115 Å². The normalized spacial score (nSPS) is 26.7. The topological polar surface area (TPSA) is 40.5 Å². The second kappa shape index (κ2) is 4.88. The Balaban J connectivity index is 2.54. The maximum atomic E-state index is 9.96. The minimum absolute atomic E-state index is 0.0289. The molecular formula is C13H16BrClO2. The van der Waals surface area contributed by atoms with Crippen LogP contribution in [0, 0.1) is 5.92 Å². The van der Waals surface area contributed by atoms with Gasteiger partial charge in [-0.25, -0.2) is 0 Å². The Kier molecular flexibility index (Phi) is 3.83. The zero-order valence-electron chi connectivity index (χ0n) is 9.82. The molecule has 0 aliphatic heterocycles. The summed E-state index contributed by atoms with van der Waals surface area (Å²) >= 11 is 9.71. The van der Waals surface area contributed by atoms with Crippen LogP contribution in [-0.2, 0) is 6.42 Å². The number of hydrogen-bond acceptors (Lipinski definition) is 2. The SMILES string of the molecule is CC(O)[C@@H]1Cc2c(Cl)ccc(Br)c2[C@H]1C(C)O. The zero-order chi connectivity index (χ0) is 12.7. The first kappa shape index (κ1) is 13.3. The number of fused-ring (bicyclic) bond motifs is 1. The molecule has 17 heavy (non-hydrogen) atoms. The van der Waals surface area contributed by atoms with E-state index in [2.05, 4.69) is 15.9 Å². The number of benzene rings is 1. The number of aliphatic hydroxyl groups excluding tert-OH is 2. The molecule has 0 saturated carbocycles. The fourth-order valence-corrected chi connectivity index (χ4v) is 3.70. The van der Waals surface area contributed by atoms with E-state index in [1.165, 1.54) is 0 Å². The van der Waals surface area contributed by atoms with Crippen LogP contribution in [0.2, 0.25) is 5.02 Å². The summed E-state index contributed by atoms with van der Waals surface area (Å²) in [5.74, 6) is -0.0284. The van der Waals surface area contributed by atoms with Crippen LogP contribution in [0.5, 0.6) is 0 Å². The first-order valence-electron chi connectivity index (χ1n) is 5.76. The number of rotatable bonds is 2. The maximum absolute atomic E-state index is 9.96. The standard InChI is InChI=1S/C13H16BrClO2/c1-6(16)8-5-9-11(15)4-3-10(14)13(9)12(8)7(2)17/h3-4,6-8,12,16-17H,5H2,1-2H3/t6?,7?,8-,12-/m0/s1. The third-order valence-corrected chi connectivity index (χ3v) is 4.67. The van der Waals surface area contributed by atoms with Gasteiger partial charge < -0.3 is 10.2 Å². The van der Waals surface area contributed by atoms with Crippen molar-refractivity contribution in [3.05, 3.63) is 32.8 Å². The highest BCUT2D eigenvalue weighted by Gasteiger charge is 2.40. The molecule has 0 fully saturated rings. The van der Waals surface area contributed by atoms with Crippen LogP contribution in [0.15, 0.2) is 16.6 Å². The van der Waals surface area contributed by atoms with Crippen LogP contribution >= 0.6 is 27.5 Å². The summed E-state index contributed by atoms with van der Waals surface area (Å²) in [5, 5.41) is 20.5. The number of hydrogen-bond donors (Lipinski definition) is 2. The van der Waals surface area contributed by atoms with Crippen molar-refractivity contribution < 1.29 is 10.2 Å². The van der Waals surface area contributed by atoms with Gasteiger partial charge in [0.2, 0.25) is 0 Å². The molecule has 1 aromatic carbocycles. The van der Waals surface area contributed by atoms with Crippen molar-refractivity contribution >= 4 is 27.5 Å². The Morgan fingerprint density at radius 2 is 1.94 bits per heavy atom. The van der Waals surface area contributed by atoms with Crippen molar-refractivity contribution in [2.75, 3.05) is 0 Å². The first-order valence-corrected chi connectivity index (χ1v) is 6.93. The van der Waals surface area contributed by atoms with Crippen molar-refractivity contribution in [2.45, 2.75) is 38.4 Å². The van der Waals surface area contributed by atoms with E-state index < -0.39 is 12.2 Å². The van der Waals surface area contributed by atoms with E-state index in [1.54, 1.807) is 13.8 Å². The van der Waals surface area contributed by atoms with Gasteiger partial charge in [0.1, 0.15) is 0 Å². The Bertz CT molecular complexity index is 432. The number of aliphatic hydroxyl groups is 2. The highest BCUT2D eigenvalue weighted by molar-refractivity contribution is 9.10. The lowest BCUT2D eigenvalue weighted by Gasteiger charge is -2.25. The molecule has 4 atom stereocenters. The highest BCUT2D eigenvalue weighted by Crippen LogP contribution is 2.47. The summed E-state index contributed by atoms with van der Waals surface area (Å²) < 4.78 is 0.964. The van der Waals surface area contributed by atoms with E-state index in [0.717, 1.165) is 27.0 Å². The van der Waals surface area contributed by atoms with Crippen molar-refractivity contribution in [1.29, 1.82) is 0 Å². The summed E-state index contributed by atoms with van der Waals surface area (Å²) in [4.78, 5) is 0. The Morgan fingerprint density at radius 1 is 1.29 bits per heavy atom. The third-order valence-electron chi connectivity index (χ3n) is 3.62. The summed E-state index contributed by atoms with van der Waals surface area (Å²) in [6.45, 7) is 3.54. The second-order valence-corrected chi connectivity index (χ2v) is 6.06. The molecule has 0 radical (unpaired) electrons. The average Bonchev–Trinajstić information content (AvgIpc) is 2.64. The molecule has 1 aliphatic rings. The van der Waals surface area contributed by atoms with Crippen molar-refractivity contribution in [2.24, 2.45) is 5.92 Å². The molecule has 0 heterocycles. The fourth-order valence-electron chi connectivity index (χ4n) is 2.82. The molecule has 0 saturated heterocycles. The van der Waals surface area contributed by atoms with E-state index in [1.807, 2.05) is 12.1 Å². The Morgan fingerprint density at radius 3 is 2.47 bits per heavy atom. The van der Waals surface area contributed by atoms with E-state index in [4.69, 9.17) is 11.6 Å². The van der Waals surface area contributed by atoms with E-state index in [9.17, 15) is 10.2 Å². The monoisotopic (exact) mass is 318 g/mol. The van der Waals surface area contributed by atoms with Gasteiger partial charge in [0.05, 0.1) is 12.2 Å². The minimum Gasteiger partial charge on any atom is -0.393 e. The summed E-state index contributed by atoms with van der Waals surface area (Å²) in [7, 11) is 0. The van der Waals surface area contributed by atoms with Crippen LogP contribution < -0.4 is 0 Å². The molecule has 1 aliphatic carbocycles. The predicted molar refractivity (Wildman–Crippen MR) is 72.4 cm³/mol. The Hall–Kier alpha value is -0.0900. The van der Waals surface area contributed by atoms with Gasteiger partial charge in [-0.15, -0.1) is 0 Å². The lowest BCUT2D eigenvalue weighted by atomic mass is 9.85. The van der Waals surface area contributed by atoms with Crippen LogP contribution in [-0.4, -0.2) is 22.4 Å². The van der Waals surface area contributed by atoms with E-state index >= 15 is 0 Å². The van der Waals surface area contributed by atoms with Gasteiger partial charge in [-0.05, 0) is 49.4 Å². The predicted octanol–water partition coefficient (Wildman–Crippen LogP) is 3.12. The summed E-state index contributed by atoms with van der Waals surface area (Å²) in [5.41, 5.74) is 2.11. The largest absolute Gasteiger partial charge is 0.393 e. The molecular weight excluding hydrogens is 303 g/mol. The molecule has 0 amide bonds. The second-order valence-electron chi connectivity index (χ2n) is 4.80. The van der Waals surface area contributed by atoms with Gasteiger partial charge in [0.25, 0.3) is 0 Å². The molecule has 0 aromatic heterocycles.